The fourth-order valence-electron chi connectivity index (χ4n) is 2.56. The first-order chi connectivity index (χ1) is 12.0. The highest BCUT2D eigenvalue weighted by Crippen LogP contribution is 2.30. The Kier molecular flexibility index (Phi) is 6.21. The highest BCUT2D eigenvalue weighted by molar-refractivity contribution is 7.92. The van der Waals surface area contributed by atoms with Crippen LogP contribution in [0.4, 0.5) is 13.2 Å². The minimum atomic E-state index is -4.43. The van der Waals surface area contributed by atoms with E-state index in [0.717, 1.165) is 16.7 Å². The monoisotopic (exact) mass is 412 g/mol. The Bertz CT molecular complexity index is 757. The van der Waals surface area contributed by atoms with Crippen LogP contribution in [0, 0.1) is 0 Å². The molecular formula is C15H23F3N4O2S2. The smallest absolute Gasteiger partial charge is 0.357 e. The van der Waals surface area contributed by atoms with E-state index in [0.29, 0.717) is 37.0 Å². The molecule has 1 N–H and O–H groups in total. The number of alkyl halides is 3. The van der Waals surface area contributed by atoms with Gasteiger partial charge in [0.05, 0.1) is 15.5 Å². The molecule has 1 aliphatic heterocycles. The van der Waals surface area contributed by atoms with Gasteiger partial charge in [0.1, 0.15) is 0 Å². The van der Waals surface area contributed by atoms with Crippen LogP contribution in [0.5, 0.6) is 0 Å². The van der Waals surface area contributed by atoms with Crippen molar-refractivity contribution in [2.24, 2.45) is 4.99 Å². The van der Waals surface area contributed by atoms with Gasteiger partial charge in [-0.1, -0.05) is 0 Å². The Morgan fingerprint density at radius 1 is 1.46 bits per heavy atom. The summed E-state index contributed by atoms with van der Waals surface area (Å²) in [6.07, 6.45) is -4.14. The number of nitrogens with zero attached hydrogens (tertiary/aromatic N) is 3. The molecule has 1 aromatic heterocycles. The zero-order valence-corrected chi connectivity index (χ0v) is 16.6. The van der Waals surface area contributed by atoms with Crippen LogP contribution in [0.25, 0.3) is 0 Å². The summed E-state index contributed by atoms with van der Waals surface area (Å²) in [7, 11) is -3.16. The summed E-state index contributed by atoms with van der Waals surface area (Å²) in [4.78, 5) is 9.91. The van der Waals surface area contributed by atoms with Crippen molar-refractivity contribution in [2.45, 2.75) is 38.1 Å². The van der Waals surface area contributed by atoms with Gasteiger partial charge >= 0.3 is 6.18 Å². The molecule has 0 bridgehead atoms. The summed E-state index contributed by atoms with van der Waals surface area (Å²) in [5.41, 5.74) is -0.878. The van der Waals surface area contributed by atoms with Gasteiger partial charge < -0.3 is 10.2 Å². The summed E-state index contributed by atoms with van der Waals surface area (Å²) in [5.74, 6) is 0.620. The predicted molar refractivity (Wildman–Crippen MR) is 96.2 cm³/mol. The fraction of sp³-hybridized carbons (Fsp3) is 0.733. The van der Waals surface area contributed by atoms with Crippen LogP contribution < -0.4 is 5.32 Å². The minimum Gasteiger partial charge on any atom is -0.357 e. The Balaban J connectivity index is 2.04. The summed E-state index contributed by atoms with van der Waals surface area (Å²) in [6.45, 7) is 6.81. The number of guanidine groups is 1. The largest absolute Gasteiger partial charge is 0.434 e. The third-order valence-corrected chi connectivity index (χ3v) is 7.55. The van der Waals surface area contributed by atoms with Crippen molar-refractivity contribution in [3.63, 3.8) is 0 Å². The lowest BCUT2D eigenvalue weighted by molar-refractivity contribution is -0.140. The number of rotatable bonds is 4. The molecule has 1 fully saturated rings. The van der Waals surface area contributed by atoms with Crippen molar-refractivity contribution >= 4 is 27.1 Å². The molecule has 0 aliphatic carbocycles. The van der Waals surface area contributed by atoms with Crippen LogP contribution in [0.1, 0.15) is 31.5 Å². The van der Waals surface area contributed by atoms with Gasteiger partial charge in [0.2, 0.25) is 0 Å². The van der Waals surface area contributed by atoms with Crippen LogP contribution >= 0.6 is 11.3 Å². The number of aromatic nitrogens is 1. The molecule has 0 unspecified atom stereocenters. The van der Waals surface area contributed by atoms with Crippen molar-refractivity contribution < 1.29 is 21.6 Å². The quantitative estimate of drug-likeness (QED) is 0.606. The lowest BCUT2D eigenvalue weighted by Gasteiger charge is -2.39. The SMILES string of the molecule is CCNC(=NCCc1nc(C(F)(F)F)cs1)N1CCS(=O)(=O)C(C)(C)C1. The zero-order valence-electron chi connectivity index (χ0n) is 14.9. The van der Waals surface area contributed by atoms with Crippen LogP contribution in [-0.2, 0) is 22.4 Å². The van der Waals surface area contributed by atoms with Gasteiger partial charge in [-0.05, 0) is 20.8 Å². The molecule has 0 spiro atoms. The Morgan fingerprint density at radius 3 is 2.69 bits per heavy atom. The van der Waals surface area contributed by atoms with Crippen LogP contribution in [0.15, 0.2) is 10.4 Å². The van der Waals surface area contributed by atoms with Crippen LogP contribution in [0.3, 0.4) is 0 Å². The van der Waals surface area contributed by atoms with Crippen molar-refractivity contribution in [1.82, 2.24) is 15.2 Å². The molecule has 0 aromatic carbocycles. The van der Waals surface area contributed by atoms with Gasteiger partial charge in [-0.3, -0.25) is 4.99 Å². The Labute approximate surface area is 155 Å². The molecule has 0 saturated carbocycles. The summed E-state index contributed by atoms with van der Waals surface area (Å²) < 4.78 is 61.1. The number of aliphatic imine (C=N–C) groups is 1. The maximum Gasteiger partial charge on any atom is 0.434 e. The minimum absolute atomic E-state index is 0.0475. The van der Waals surface area contributed by atoms with Gasteiger partial charge in [-0.15, -0.1) is 11.3 Å². The molecule has 0 radical (unpaired) electrons. The molecule has 11 heteroatoms. The first-order valence-electron chi connectivity index (χ1n) is 8.23. The van der Waals surface area contributed by atoms with Crippen LogP contribution in [0.2, 0.25) is 0 Å². The number of nitrogens with one attached hydrogen (secondary N) is 1. The second kappa shape index (κ2) is 7.71. The second-order valence-corrected chi connectivity index (χ2v) is 10.3. The van der Waals surface area contributed by atoms with Crippen molar-refractivity contribution in [3.8, 4) is 0 Å². The van der Waals surface area contributed by atoms with E-state index in [9.17, 15) is 21.6 Å². The number of hydrogen-bond donors (Lipinski definition) is 1. The molecule has 26 heavy (non-hydrogen) atoms. The first-order valence-corrected chi connectivity index (χ1v) is 10.8. The third kappa shape index (κ3) is 4.87. The standard InChI is InChI=1S/C15H23F3N4O2S2/c1-4-19-13(22-7-8-26(23,24)14(2,3)10-22)20-6-5-12-21-11(9-25-12)15(16,17)18/h9H,4-8,10H2,1-3H3,(H,19,20). The highest BCUT2D eigenvalue weighted by atomic mass is 32.2. The Morgan fingerprint density at radius 2 is 2.15 bits per heavy atom. The zero-order chi connectivity index (χ0) is 19.6. The second-order valence-electron chi connectivity index (χ2n) is 6.61. The maximum absolute atomic E-state index is 12.6. The van der Waals surface area contributed by atoms with Crippen LogP contribution in [-0.4, -0.2) is 60.9 Å². The van der Waals surface area contributed by atoms with Crippen molar-refractivity contribution in [1.29, 1.82) is 0 Å². The number of hydrogen-bond acceptors (Lipinski definition) is 5. The highest BCUT2D eigenvalue weighted by Gasteiger charge is 2.41. The van der Waals surface area contributed by atoms with Gasteiger partial charge in [-0.25, -0.2) is 13.4 Å². The average molecular weight is 413 g/mol. The van der Waals surface area contributed by atoms with E-state index in [1.165, 1.54) is 0 Å². The summed E-state index contributed by atoms with van der Waals surface area (Å²) in [5, 5.41) is 4.49. The molecular weight excluding hydrogens is 389 g/mol. The topological polar surface area (TPSA) is 74.7 Å². The predicted octanol–water partition coefficient (Wildman–Crippen LogP) is 2.18. The molecule has 1 saturated heterocycles. The molecule has 1 aliphatic rings. The first kappa shape index (κ1) is 20.9. The van der Waals surface area contributed by atoms with E-state index in [1.807, 2.05) is 11.8 Å². The number of thiazole rings is 1. The summed E-state index contributed by atoms with van der Waals surface area (Å²) in [6, 6.07) is 0. The van der Waals surface area contributed by atoms with Crippen molar-refractivity contribution in [3.05, 3.63) is 16.1 Å². The van der Waals surface area contributed by atoms with Crippen molar-refractivity contribution in [2.75, 3.05) is 31.9 Å². The van der Waals surface area contributed by atoms with Gasteiger partial charge in [-0.2, -0.15) is 13.2 Å². The van der Waals surface area contributed by atoms with E-state index in [-0.39, 0.29) is 12.3 Å². The average Bonchev–Trinajstić information content (AvgIpc) is 2.98. The van der Waals surface area contributed by atoms with Gasteiger partial charge in [0.15, 0.2) is 21.5 Å². The Hall–Kier alpha value is -1.36. The fourth-order valence-corrected chi connectivity index (χ4v) is 4.72. The molecule has 2 rings (SSSR count). The van der Waals surface area contributed by atoms with E-state index in [1.54, 1.807) is 13.8 Å². The van der Waals surface area contributed by atoms with E-state index in [2.05, 4.69) is 15.3 Å². The van der Waals surface area contributed by atoms with E-state index in [4.69, 9.17) is 0 Å². The molecule has 2 heterocycles. The maximum atomic E-state index is 12.6. The van der Waals surface area contributed by atoms with Gasteiger partial charge in [0, 0.05) is 38.0 Å². The molecule has 0 amide bonds. The van der Waals surface area contributed by atoms with E-state index >= 15 is 0 Å². The lowest BCUT2D eigenvalue weighted by Crippen LogP contribution is -2.57. The lowest BCUT2D eigenvalue weighted by atomic mass is 10.2. The molecule has 0 atom stereocenters. The van der Waals surface area contributed by atoms with Gasteiger partial charge in [0.25, 0.3) is 0 Å². The van der Waals surface area contributed by atoms with E-state index < -0.39 is 26.5 Å². The molecule has 6 nitrogen and oxygen atoms in total. The number of sulfone groups is 1. The normalized spacial score (nSPS) is 20.2. The number of halogens is 3. The molecule has 1 aromatic rings. The summed E-state index contributed by atoms with van der Waals surface area (Å²) >= 11 is 0.963. The molecule has 148 valence electrons. The third-order valence-electron chi connectivity index (χ3n) is 4.11.